The highest BCUT2D eigenvalue weighted by Crippen LogP contribution is 2.13. The van der Waals surface area contributed by atoms with Crippen LogP contribution in [-0.2, 0) is 11.3 Å². The number of carbonyl (C=O) groups is 2. The molecule has 0 fully saturated rings. The number of benzene rings is 1. The van der Waals surface area contributed by atoms with Gasteiger partial charge in [0, 0.05) is 0 Å². The SMILES string of the molecule is NC(=O)c1ccccc1NC(=O)C[n+]1cc([O-])on1. The van der Waals surface area contributed by atoms with Gasteiger partial charge in [0.1, 0.15) is 5.95 Å². The summed E-state index contributed by atoms with van der Waals surface area (Å²) < 4.78 is 5.33. The number of nitrogens with zero attached hydrogens (tertiary/aromatic N) is 2. The topological polar surface area (TPSA) is 125 Å². The number of nitrogens with two attached hydrogens (primary N) is 1. The number of nitrogens with one attached hydrogen (secondary N) is 1. The standard InChI is InChI=1S/C11H10N4O4/c12-11(18)7-3-1-2-4-8(7)13-9(16)5-15-6-10(17)19-14-15/h1-4,6H,5H2,(H3-,12,13,14,16,17,18). The normalized spacial score (nSPS) is 10.1. The molecular weight excluding hydrogens is 252 g/mol. The van der Waals surface area contributed by atoms with Crippen molar-refractivity contribution in [3.8, 4) is 5.95 Å². The van der Waals surface area contributed by atoms with Gasteiger partial charge in [-0.05, 0) is 12.1 Å². The molecule has 0 unspecified atom stereocenters. The van der Waals surface area contributed by atoms with Gasteiger partial charge in [-0.1, -0.05) is 16.8 Å². The Balaban J connectivity index is 2.09. The smallest absolute Gasteiger partial charge is 0.292 e. The van der Waals surface area contributed by atoms with Crippen LogP contribution < -0.4 is 20.8 Å². The fraction of sp³-hybridized carbons (Fsp3) is 0.0909. The van der Waals surface area contributed by atoms with Crippen LogP contribution in [0.1, 0.15) is 10.4 Å². The van der Waals surface area contributed by atoms with Crippen LogP contribution in [0.5, 0.6) is 5.95 Å². The van der Waals surface area contributed by atoms with Crippen molar-refractivity contribution in [2.45, 2.75) is 6.54 Å². The quantitative estimate of drug-likeness (QED) is 0.667. The molecule has 0 saturated carbocycles. The van der Waals surface area contributed by atoms with Gasteiger partial charge >= 0.3 is 0 Å². The molecule has 0 saturated heterocycles. The summed E-state index contributed by atoms with van der Waals surface area (Å²) in [5, 5.41) is 16.6. The number of carbonyl (C=O) groups excluding carboxylic acids is 2. The van der Waals surface area contributed by atoms with Gasteiger partial charge in [0.05, 0.1) is 16.5 Å². The number of aromatic nitrogens is 2. The lowest BCUT2D eigenvalue weighted by Crippen LogP contribution is -2.41. The molecule has 8 nitrogen and oxygen atoms in total. The highest BCUT2D eigenvalue weighted by atomic mass is 16.6. The van der Waals surface area contributed by atoms with Crippen molar-refractivity contribution in [3.63, 3.8) is 0 Å². The number of para-hydroxylation sites is 1. The molecule has 19 heavy (non-hydrogen) atoms. The third-order valence-corrected chi connectivity index (χ3v) is 2.26. The van der Waals surface area contributed by atoms with E-state index >= 15 is 0 Å². The summed E-state index contributed by atoms with van der Waals surface area (Å²) in [5.74, 6) is -1.76. The number of hydrogen-bond donors (Lipinski definition) is 2. The maximum absolute atomic E-state index is 11.7. The van der Waals surface area contributed by atoms with E-state index in [9.17, 15) is 14.7 Å². The van der Waals surface area contributed by atoms with E-state index in [-0.39, 0.29) is 12.1 Å². The second-order valence-corrected chi connectivity index (χ2v) is 3.68. The minimum atomic E-state index is -0.648. The van der Waals surface area contributed by atoms with Crippen molar-refractivity contribution in [1.29, 1.82) is 0 Å². The third kappa shape index (κ3) is 3.06. The van der Waals surface area contributed by atoms with Crippen molar-refractivity contribution in [2.24, 2.45) is 5.73 Å². The Kier molecular flexibility index (Phi) is 3.42. The zero-order valence-corrected chi connectivity index (χ0v) is 9.70. The monoisotopic (exact) mass is 262 g/mol. The van der Waals surface area contributed by atoms with Gasteiger partial charge in [0.2, 0.25) is 6.20 Å². The fourth-order valence-electron chi connectivity index (χ4n) is 1.48. The Labute approximate surface area is 107 Å². The minimum absolute atomic E-state index is 0.200. The molecule has 0 bridgehead atoms. The molecule has 3 N–H and O–H groups in total. The van der Waals surface area contributed by atoms with Crippen LogP contribution in [0.3, 0.4) is 0 Å². The van der Waals surface area contributed by atoms with Crippen LogP contribution in [0.2, 0.25) is 0 Å². The highest BCUT2D eigenvalue weighted by Gasteiger charge is 2.15. The Morgan fingerprint density at radius 1 is 1.42 bits per heavy atom. The largest absolute Gasteiger partial charge is 0.539 e. The Morgan fingerprint density at radius 3 is 2.79 bits per heavy atom. The van der Waals surface area contributed by atoms with Crippen molar-refractivity contribution in [1.82, 2.24) is 5.27 Å². The molecule has 1 aromatic heterocycles. The molecule has 0 aliphatic rings. The first kappa shape index (κ1) is 12.6. The van der Waals surface area contributed by atoms with Crippen LogP contribution in [0, 0.1) is 0 Å². The third-order valence-electron chi connectivity index (χ3n) is 2.26. The summed E-state index contributed by atoms with van der Waals surface area (Å²) >= 11 is 0. The van der Waals surface area contributed by atoms with E-state index in [0.29, 0.717) is 5.69 Å². The first-order valence-corrected chi connectivity index (χ1v) is 5.28. The lowest BCUT2D eigenvalue weighted by atomic mass is 10.1. The van der Waals surface area contributed by atoms with Crippen molar-refractivity contribution in [2.75, 3.05) is 5.32 Å². The minimum Gasteiger partial charge on any atom is -0.539 e. The molecule has 2 rings (SSSR count). The predicted molar refractivity (Wildman–Crippen MR) is 59.7 cm³/mol. The molecule has 0 radical (unpaired) electrons. The number of primary amides is 1. The van der Waals surface area contributed by atoms with Gasteiger partial charge in [-0.2, -0.15) is 0 Å². The molecule has 2 amide bonds. The summed E-state index contributed by atoms with van der Waals surface area (Å²) in [7, 11) is 0. The van der Waals surface area contributed by atoms with E-state index in [0.717, 1.165) is 10.9 Å². The Morgan fingerprint density at radius 2 is 2.16 bits per heavy atom. The number of anilines is 1. The maximum Gasteiger partial charge on any atom is 0.292 e. The molecule has 8 heteroatoms. The molecule has 98 valence electrons. The van der Waals surface area contributed by atoms with Crippen LogP contribution in [0.15, 0.2) is 35.0 Å². The number of hydrogen-bond acceptors (Lipinski definition) is 5. The molecule has 0 aliphatic carbocycles. The van der Waals surface area contributed by atoms with Crippen LogP contribution in [0.25, 0.3) is 0 Å². The van der Waals surface area contributed by atoms with Crippen molar-refractivity contribution in [3.05, 3.63) is 36.0 Å². The first-order chi connectivity index (χ1) is 9.06. The van der Waals surface area contributed by atoms with Crippen molar-refractivity contribution >= 4 is 17.5 Å². The van der Waals surface area contributed by atoms with E-state index in [1.54, 1.807) is 18.2 Å². The van der Waals surface area contributed by atoms with Gasteiger partial charge in [0.15, 0.2) is 0 Å². The summed E-state index contributed by atoms with van der Waals surface area (Å²) in [6.07, 6.45) is 1.04. The zero-order valence-electron chi connectivity index (χ0n) is 9.70. The average Bonchev–Trinajstić information content (AvgIpc) is 2.75. The van der Waals surface area contributed by atoms with E-state index in [4.69, 9.17) is 5.73 Å². The Hall–Kier alpha value is -2.90. The molecule has 2 aromatic rings. The van der Waals surface area contributed by atoms with E-state index < -0.39 is 17.8 Å². The highest BCUT2D eigenvalue weighted by molar-refractivity contribution is 6.02. The van der Waals surface area contributed by atoms with Crippen LogP contribution in [-0.4, -0.2) is 17.1 Å². The zero-order chi connectivity index (χ0) is 13.8. The van der Waals surface area contributed by atoms with Crippen LogP contribution >= 0.6 is 0 Å². The van der Waals surface area contributed by atoms with Gasteiger partial charge in [-0.15, -0.1) is 0 Å². The lowest BCUT2D eigenvalue weighted by molar-refractivity contribution is -0.750. The summed E-state index contributed by atoms with van der Waals surface area (Å²) in [5.41, 5.74) is 5.68. The second kappa shape index (κ2) is 5.17. The fourth-order valence-corrected chi connectivity index (χ4v) is 1.48. The molecule has 1 heterocycles. The first-order valence-electron chi connectivity index (χ1n) is 5.28. The predicted octanol–water partition coefficient (Wildman–Crippen LogP) is -1.23. The molecule has 1 aromatic carbocycles. The molecule has 0 atom stereocenters. The maximum atomic E-state index is 11.7. The summed E-state index contributed by atoms with van der Waals surface area (Å²) in [6, 6.07) is 6.33. The number of amides is 2. The van der Waals surface area contributed by atoms with E-state index in [1.807, 2.05) is 0 Å². The van der Waals surface area contributed by atoms with Gasteiger partial charge in [-0.3, -0.25) is 9.59 Å². The van der Waals surface area contributed by atoms with Gasteiger partial charge in [-0.25, -0.2) is 0 Å². The van der Waals surface area contributed by atoms with E-state index in [2.05, 4.69) is 15.1 Å². The van der Waals surface area contributed by atoms with Gasteiger partial charge < -0.3 is 20.7 Å². The van der Waals surface area contributed by atoms with Gasteiger partial charge in [0.25, 0.3) is 18.4 Å². The summed E-state index contributed by atoms with van der Waals surface area (Å²) in [4.78, 5) is 22.9. The van der Waals surface area contributed by atoms with Crippen LogP contribution in [0.4, 0.5) is 5.69 Å². The molecule has 0 aliphatic heterocycles. The lowest BCUT2D eigenvalue weighted by Gasteiger charge is -2.06. The summed E-state index contributed by atoms with van der Waals surface area (Å²) in [6.45, 7) is -0.209. The molecule has 0 spiro atoms. The number of rotatable bonds is 4. The van der Waals surface area contributed by atoms with E-state index in [1.165, 1.54) is 6.07 Å². The second-order valence-electron chi connectivity index (χ2n) is 3.68. The molecular formula is C11H10N4O4. The average molecular weight is 262 g/mol. The Bertz CT molecular complexity index is 623. The van der Waals surface area contributed by atoms with Crippen molar-refractivity contribution < 1.29 is 23.9 Å².